The third kappa shape index (κ3) is 5.46. The lowest BCUT2D eigenvalue weighted by atomic mass is 10.1. The summed E-state index contributed by atoms with van der Waals surface area (Å²) < 4.78 is 35.8. The van der Waals surface area contributed by atoms with Crippen molar-refractivity contribution in [3.05, 3.63) is 83.7 Å². The second-order valence-corrected chi connectivity index (χ2v) is 9.87. The molecule has 2 N–H and O–H groups in total. The first-order valence-electron chi connectivity index (χ1n) is 11.3. The molecule has 0 aliphatic rings. The van der Waals surface area contributed by atoms with Crippen molar-refractivity contribution >= 4 is 32.7 Å². The van der Waals surface area contributed by atoms with E-state index in [0.717, 1.165) is 16.9 Å². The Labute approximate surface area is 205 Å². The smallest absolute Gasteiger partial charge is 0.262 e. The number of aromatic nitrogens is 2. The van der Waals surface area contributed by atoms with Crippen LogP contribution in [0.25, 0.3) is 11.0 Å². The van der Waals surface area contributed by atoms with Crippen molar-refractivity contribution in [3.63, 3.8) is 0 Å². The number of rotatable bonds is 9. The minimum Gasteiger partial charge on any atom is -0.497 e. The van der Waals surface area contributed by atoms with E-state index < -0.39 is 10.0 Å². The molecule has 1 heterocycles. The number of aryl methyl sites for hydroxylation is 3. The normalized spacial score (nSPS) is 11.4. The van der Waals surface area contributed by atoms with Crippen molar-refractivity contribution < 1.29 is 17.9 Å². The zero-order valence-electron chi connectivity index (χ0n) is 19.9. The van der Waals surface area contributed by atoms with Crippen LogP contribution < -0.4 is 14.8 Å². The molecular formula is C26H28N4O4S. The molecule has 0 aliphatic carbocycles. The third-order valence-corrected chi connectivity index (χ3v) is 7.29. The van der Waals surface area contributed by atoms with Crippen LogP contribution in [0.3, 0.4) is 0 Å². The van der Waals surface area contributed by atoms with Crippen LogP contribution >= 0.6 is 0 Å². The lowest BCUT2D eigenvalue weighted by molar-refractivity contribution is 0.0952. The number of para-hydroxylation sites is 2. The minimum atomic E-state index is -3.88. The standard InChI is InChI=1S/C26H28N4O4S/c1-18-9-10-20(17-25(18)35(32,33)29-21-11-13-22(34-3)14-12-21)26(31)27-15-6-16-30-19(2)28-23-7-4-5-8-24(23)30/h4-5,7-14,17,29H,6,15-16H2,1-3H3,(H,27,31). The molecule has 8 nitrogen and oxygen atoms in total. The van der Waals surface area contributed by atoms with Crippen LogP contribution in [0.5, 0.6) is 5.75 Å². The number of hydrogen-bond donors (Lipinski definition) is 2. The van der Waals surface area contributed by atoms with Gasteiger partial charge in [-0.25, -0.2) is 13.4 Å². The van der Waals surface area contributed by atoms with Crippen LogP contribution in [-0.4, -0.2) is 37.5 Å². The van der Waals surface area contributed by atoms with Crippen molar-refractivity contribution in [1.29, 1.82) is 0 Å². The quantitative estimate of drug-likeness (QED) is 0.340. The predicted octanol–water partition coefficient (Wildman–Crippen LogP) is 4.28. The number of hydrogen-bond acceptors (Lipinski definition) is 5. The fraction of sp³-hybridized carbons (Fsp3) is 0.231. The number of nitrogens with zero attached hydrogens (tertiary/aromatic N) is 2. The second kappa shape index (κ2) is 10.2. The van der Waals surface area contributed by atoms with E-state index in [1.807, 2.05) is 31.2 Å². The molecule has 0 bridgehead atoms. The lowest BCUT2D eigenvalue weighted by Gasteiger charge is -2.13. The molecule has 0 saturated carbocycles. The number of carbonyl (C=O) groups excluding carboxylic acids is 1. The van der Waals surface area contributed by atoms with E-state index in [-0.39, 0.29) is 16.4 Å². The second-order valence-electron chi connectivity index (χ2n) is 8.22. The topological polar surface area (TPSA) is 102 Å². The maximum Gasteiger partial charge on any atom is 0.262 e. The zero-order chi connectivity index (χ0) is 25.0. The Morgan fingerprint density at radius 3 is 2.51 bits per heavy atom. The van der Waals surface area contributed by atoms with E-state index in [9.17, 15) is 13.2 Å². The molecule has 0 aliphatic heterocycles. The van der Waals surface area contributed by atoms with E-state index in [2.05, 4.69) is 19.6 Å². The minimum absolute atomic E-state index is 0.0569. The molecule has 1 amide bonds. The molecule has 3 aromatic carbocycles. The van der Waals surface area contributed by atoms with Gasteiger partial charge in [-0.1, -0.05) is 18.2 Å². The van der Waals surface area contributed by atoms with Gasteiger partial charge in [0.2, 0.25) is 0 Å². The zero-order valence-corrected chi connectivity index (χ0v) is 20.7. The first-order valence-corrected chi connectivity index (χ1v) is 12.7. The summed E-state index contributed by atoms with van der Waals surface area (Å²) >= 11 is 0. The van der Waals surface area contributed by atoms with Crippen molar-refractivity contribution in [2.75, 3.05) is 18.4 Å². The third-order valence-electron chi connectivity index (χ3n) is 5.77. The largest absolute Gasteiger partial charge is 0.497 e. The van der Waals surface area contributed by atoms with Gasteiger partial charge in [0, 0.05) is 24.3 Å². The summed E-state index contributed by atoms with van der Waals surface area (Å²) in [6.07, 6.45) is 0.711. The number of nitrogens with one attached hydrogen (secondary N) is 2. The van der Waals surface area contributed by atoms with Gasteiger partial charge in [-0.2, -0.15) is 0 Å². The Kier molecular flexibility index (Phi) is 7.07. The molecule has 1 aromatic heterocycles. The van der Waals surface area contributed by atoms with Crippen molar-refractivity contribution in [2.24, 2.45) is 0 Å². The Hall–Kier alpha value is -3.85. The molecular weight excluding hydrogens is 464 g/mol. The number of ether oxygens (including phenoxy) is 1. The molecule has 182 valence electrons. The van der Waals surface area contributed by atoms with Gasteiger partial charge in [0.1, 0.15) is 11.6 Å². The van der Waals surface area contributed by atoms with Gasteiger partial charge in [-0.3, -0.25) is 9.52 Å². The molecule has 4 rings (SSSR count). The average molecular weight is 493 g/mol. The maximum atomic E-state index is 13.0. The van der Waals surface area contributed by atoms with E-state index >= 15 is 0 Å². The number of methoxy groups -OCH3 is 1. The first-order chi connectivity index (χ1) is 16.8. The molecule has 9 heteroatoms. The van der Waals surface area contributed by atoms with E-state index in [4.69, 9.17) is 4.74 Å². The Bertz CT molecular complexity index is 1460. The summed E-state index contributed by atoms with van der Waals surface area (Å²) in [6, 6.07) is 19.2. The summed E-state index contributed by atoms with van der Waals surface area (Å²) in [4.78, 5) is 17.4. The van der Waals surface area contributed by atoms with Gasteiger partial charge in [-0.15, -0.1) is 0 Å². The highest BCUT2D eigenvalue weighted by Crippen LogP contribution is 2.22. The number of amides is 1. The van der Waals surface area contributed by atoms with E-state index in [0.29, 0.717) is 36.5 Å². The van der Waals surface area contributed by atoms with E-state index in [1.165, 1.54) is 6.07 Å². The average Bonchev–Trinajstić information content (AvgIpc) is 3.17. The van der Waals surface area contributed by atoms with Gasteiger partial charge >= 0.3 is 0 Å². The monoisotopic (exact) mass is 492 g/mol. The highest BCUT2D eigenvalue weighted by atomic mass is 32.2. The van der Waals surface area contributed by atoms with Crippen molar-refractivity contribution in [2.45, 2.75) is 31.7 Å². The van der Waals surface area contributed by atoms with E-state index in [1.54, 1.807) is 50.4 Å². The number of imidazole rings is 1. The maximum absolute atomic E-state index is 13.0. The molecule has 0 fully saturated rings. The highest BCUT2D eigenvalue weighted by Gasteiger charge is 2.19. The van der Waals surface area contributed by atoms with Gasteiger partial charge in [0.05, 0.1) is 23.0 Å². The molecule has 0 saturated heterocycles. The molecule has 0 atom stereocenters. The highest BCUT2D eigenvalue weighted by molar-refractivity contribution is 7.92. The molecule has 35 heavy (non-hydrogen) atoms. The Balaban J connectivity index is 1.40. The summed E-state index contributed by atoms with van der Waals surface area (Å²) in [5.41, 5.74) is 3.25. The van der Waals surface area contributed by atoms with Crippen LogP contribution in [-0.2, 0) is 16.6 Å². The molecule has 4 aromatic rings. The van der Waals surface area contributed by atoms with Crippen LogP contribution in [0.2, 0.25) is 0 Å². The fourth-order valence-corrected chi connectivity index (χ4v) is 5.25. The van der Waals surface area contributed by atoms with Gasteiger partial charge in [-0.05, 0) is 74.4 Å². The van der Waals surface area contributed by atoms with Gasteiger partial charge < -0.3 is 14.6 Å². The molecule has 0 unspecified atom stereocenters. The van der Waals surface area contributed by atoms with Crippen molar-refractivity contribution in [3.8, 4) is 5.75 Å². The fourth-order valence-electron chi connectivity index (χ4n) is 3.92. The number of fused-ring (bicyclic) bond motifs is 1. The number of carbonyl (C=O) groups is 1. The van der Waals surface area contributed by atoms with Crippen LogP contribution in [0, 0.1) is 13.8 Å². The van der Waals surface area contributed by atoms with Crippen LogP contribution in [0.4, 0.5) is 5.69 Å². The van der Waals surface area contributed by atoms with Crippen LogP contribution in [0.1, 0.15) is 28.2 Å². The number of benzene rings is 3. The van der Waals surface area contributed by atoms with Crippen LogP contribution in [0.15, 0.2) is 71.6 Å². The molecule has 0 radical (unpaired) electrons. The Morgan fingerprint density at radius 1 is 1.03 bits per heavy atom. The SMILES string of the molecule is COc1ccc(NS(=O)(=O)c2cc(C(=O)NCCCn3c(C)nc4ccccc43)ccc2C)cc1. The van der Waals surface area contributed by atoms with Crippen molar-refractivity contribution in [1.82, 2.24) is 14.9 Å². The molecule has 0 spiro atoms. The van der Waals surface area contributed by atoms with Gasteiger partial charge in [0.25, 0.3) is 15.9 Å². The summed E-state index contributed by atoms with van der Waals surface area (Å²) in [5.74, 6) is 1.23. The van der Waals surface area contributed by atoms with Gasteiger partial charge in [0.15, 0.2) is 0 Å². The lowest BCUT2D eigenvalue weighted by Crippen LogP contribution is -2.26. The summed E-state index contributed by atoms with van der Waals surface area (Å²) in [7, 11) is -2.34. The summed E-state index contributed by atoms with van der Waals surface area (Å²) in [5, 5.41) is 2.89. The number of anilines is 1. The Morgan fingerprint density at radius 2 is 1.77 bits per heavy atom. The summed E-state index contributed by atoms with van der Waals surface area (Å²) in [6.45, 7) is 4.83. The number of sulfonamides is 1. The predicted molar refractivity (Wildman–Crippen MR) is 136 cm³/mol. The first kappa shape index (κ1) is 24.3.